The lowest BCUT2D eigenvalue weighted by molar-refractivity contribution is 0.102. The number of anilines is 1. The zero-order valence-corrected chi connectivity index (χ0v) is 15.2. The minimum Gasteiger partial charge on any atom is -0.442 e. The summed E-state index contributed by atoms with van der Waals surface area (Å²) in [5.74, 6) is 1.62. The van der Waals surface area contributed by atoms with Crippen LogP contribution in [0.15, 0.2) is 38.7 Å². The number of hydrogen-bond donors (Lipinski definition) is 1. The molecule has 2 aliphatic rings. The van der Waals surface area contributed by atoms with Crippen molar-refractivity contribution in [2.45, 2.75) is 39.7 Å². The van der Waals surface area contributed by atoms with Gasteiger partial charge in [0.25, 0.3) is 5.91 Å². The lowest BCUT2D eigenvalue weighted by Crippen LogP contribution is -2.31. The van der Waals surface area contributed by atoms with Crippen molar-refractivity contribution in [3.8, 4) is 0 Å². The molecule has 1 N–H and O–H groups in total. The van der Waals surface area contributed by atoms with Gasteiger partial charge in [0.15, 0.2) is 0 Å². The highest BCUT2D eigenvalue weighted by atomic mass is 16.4. The molecule has 0 unspecified atom stereocenters. The highest BCUT2D eigenvalue weighted by molar-refractivity contribution is 6.19. The third-order valence-electron chi connectivity index (χ3n) is 4.93. The molecule has 0 aliphatic carbocycles. The van der Waals surface area contributed by atoms with Crippen LogP contribution >= 0.6 is 0 Å². The molecule has 1 aromatic carbocycles. The Morgan fingerprint density at radius 1 is 1.35 bits per heavy atom. The molecule has 0 radical (unpaired) electrons. The summed E-state index contributed by atoms with van der Waals surface area (Å²) in [5, 5.41) is 3.04. The maximum Gasteiger partial charge on any atom is 0.260 e. The number of nitrogens with zero attached hydrogens (tertiary/aromatic N) is 3. The molecule has 2 aromatic rings. The predicted molar refractivity (Wildman–Crippen MR) is 103 cm³/mol. The fourth-order valence-corrected chi connectivity index (χ4v) is 3.49. The number of nitrogens with one attached hydrogen (secondary N) is 1. The summed E-state index contributed by atoms with van der Waals surface area (Å²) >= 11 is 0. The first-order chi connectivity index (χ1) is 12.6. The number of amides is 1. The van der Waals surface area contributed by atoms with E-state index >= 15 is 0 Å². The van der Waals surface area contributed by atoms with Crippen molar-refractivity contribution >= 4 is 29.7 Å². The first-order valence-electron chi connectivity index (χ1n) is 9.04. The molecule has 3 heterocycles. The lowest BCUT2D eigenvalue weighted by atomic mass is 10.1. The number of amidine groups is 1. The third kappa shape index (κ3) is 2.62. The van der Waals surface area contributed by atoms with Gasteiger partial charge < -0.3 is 14.6 Å². The molecule has 1 aromatic heterocycles. The second kappa shape index (κ2) is 6.44. The molecule has 134 valence electrons. The van der Waals surface area contributed by atoms with E-state index in [1.165, 1.54) is 0 Å². The average molecular weight is 350 g/mol. The summed E-state index contributed by atoms with van der Waals surface area (Å²) in [6.45, 7) is 6.77. The Morgan fingerprint density at radius 2 is 2.15 bits per heavy atom. The maximum absolute atomic E-state index is 13.1. The summed E-state index contributed by atoms with van der Waals surface area (Å²) in [7, 11) is 0. The number of para-hydroxylation sites is 1. The van der Waals surface area contributed by atoms with Gasteiger partial charge in [0.05, 0.1) is 17.2 Å². The normalized spacial score (nSPS) is 17.7. The van der Waals surface area contributed by atoms with Crippen molar-refractivity contribution in [3.05, 3.63) is 46.7 Å². The molecule has 0 fully saturated rings. The van der Waals surface area contributed by atoms with Crippen molar-refractivity contribution in [2.75, 3.05) is 11.9 Å². The standard InChI is InChI=1S/C20H22N4O2/c1-4-13-8-6-7-9-15(13)23-19(25)16-12(3)26-20-17(16)18-22-14(5-2)10-24(18)11-21-20/h6-9,11,14H,4-5,10H2,1-3H3,(H,23,25)/t14-/m0/s1. The minimum absolute atomic E-state index is 0.187. The van der Waals surface area contributed by atoms with Gasteiger partial charge in [0.1, 0.15) is 17.9 Å². The van der Waals surface area contributed by atoms with Gasteiger partial charge in [-0.15, -0.1) is 0 Å². The number of furan rings is 1. The van der Waals surface area contributed by atoms with E-state index in [1.54, 1.807) is 13.3 Å². The van der Waals surface area contributed by atoms with Crippen LogP contribution in [0.5, 0.6) is 0 Å². The van der Waals surface area contributed by atoms with Crippen LogP contribution in [0, 0.1) is 6.92 Å². The first-order valence-corrected chi connectivity index (χ1v) is 9.04. The second-order valence-corrected chi connectivity index (χ2v) is 6.59. The van der Waals surface area contributed by atoms with Gasteiger partial charge in [0, 0.05) is 12.2 Å². The minimum atomic E-state index is -0.187. The molecule has 2 aliphatic heterocycles. The van der Waals surface area contributed by atoms with E-state index in [2.05, 4.69) is 24.2 Å². The Labute approximate surface area is 152 Å². The summed E-state index contributed by atoms with van der Waals surface area (Å²) in [6.07, 6.45) is 3.54. The predicted octanol–water partition coefficient (Wildman–Crippen LogP) is 3.92. The molecule has 1 amide bonds. The zero-order valence-electron chi connectivity index (χ0n) is 15.2. The highest BCUT2D eigenvalue weighted by Gasteiger charge is 2.35. The Hall–Kier alpha value is -2.89. The van der Waals surface area contributed by atoms with E-state index in [0.29, 0.717) is 22.8 Å². The fraction of sp³-hybridized carbons (Fsp3) is 0.350. The lowest BCUT2D eigenvalue weighted by Gasteiger charge is -2.19. The largest absolute Gasteiger partial charge is 0.442 e. The van der Waals surface area contributed by atoms with Gasteiger partial charge in [-0.05, 0) is 31.4 Å². The van der Waals surface area contributed by atoms with Crippen molar-refractivity contribution in [2.24, 2.45) is 9.98 Å². The van der Waals surface area contributed by atoms with Gasteiger partial charge >= 0.3 is 0 Å². The van der Waals surface area contributed by atoms with E-state index in [1.807, 2.05) is 29.2 Å². The van der Waals surface area contributed by atoms with Crippen molar-refractivity contribution < 1.29 is 9.21 Å². The van der Waals surface area contributed by atoms with Crippen molar-refractivity contribution in [3.63, 3.8) is 0 Å². The topological polar surface area (TPSA) is 70.2 Å². The average Bonchev–Trinajstić information content (AvgIpc) is 3.21. The quantitative estimate of drug-likeness (QED) is 0.908. The molecule has 6 nitrogen and oxygen atoms in total. The Bertz CT molecular complexity index is 926. The molecule has 1 atom stereocenters. The van der Waals surface area contributed by atoms with Gasteiger partial charge in [-0.2, -0.15) is 0 Å². The number of hydrogen-bond acceptors (Lipinski definition) is 5. The molecule has 0 saturated carbocycles. The monoisotopic (exact) mass is 350 g/mol. The SMILES string of the molecule is CCc1ccccc1NC(=O)c1c(C)oc2c1C1=N[C@@H](CC)CN1C=N2. The number of carbonyl (C=O) groups is 1. The van der Waals surface area contributed by atoms with E-state index < -0.39 is 0 Å². The number of fused-ring (bicyclic) bond motifs is 3. The maximum atomic E-state index is 13.1. The first kappa shape index (κ1) is 16.6. The highest BCUT2D eigenvalue weighted by Crippen LogP contribution is 2.36. The molecule has 6 heteroatoms. The number of rotatable bonds is 4. The molecular formula is C20H22N4O2. The van der Waals surface area contributed by atoms with Crippen LogP contribution in [0.4, 0.5) is 11.6 Å². The molecule has 26 heavy (non-hydrogen) atoms. The van der Waals surface area contributed by atoms with E-state index in [-0.39, 0.29) is 11.9 Å². The van der Waals surface area contributed by atoms with Crippen molar-refractivity contribution in [1.82, 2.24) is 4.90 Å². The summed E-state index contributed by atoms with van der Waals surface area (Å²) < 4.78 is 5.76. The molecule has 4 rings (SSSR count). The van der Waals surface area contributed by atoms with Crippen molar-refractivity contribution in [1.29, 1.82) is 0 Å². The number of aliphatic imine (C=N–C) groups is 2. The Morgan fingerprint density at radius 3 is 2.92 bits per heavy atom. The second-order valence-electron chi connectivity index (χ2n) is 6.59. The molecule has 0 saturated heterocycles. The fourth-order valence-electron chi connectivity index (χ4n) is 3.49. The van der Waals surface area contributed by atoms with Gasteiger partial charge in [-0.3, -0.25) is 9.79 Å². The third-order valence-corrected chi connectivity index (χ3v) is 4.93. The number of carbonyl (C=O) groups excluding carboxylic acids is 1. The van der Waals surface area contributed by atoms with Crippen LogP contribution in [0.1, 0.15) is 47.5 Å². The van der Waals surface area contributed by atoms with Gasteiger partial charge in [-0.25, -0.2) is 4.99 Å². The Kier molecular flexibility index (Phi) is 4.11. The van der Waals surface area contributed by atoms with E-state index in [0.717, 1.165) is 36.5 Å². The summed E-state index contributed by atoms with van der Waals surface area (Å²) in [4.78, 5) is 24.2. The molecule has 0 bridgehead atoms. The number of benzene rings is 1. The van der Waals surface area contributed by atoms with Gasteiger partial charge in [0.2, 0.25) is 5.88 Å². The summed E-state index contributed by atoms with van der Waals surface area (Å²) in [5.41, 5.74) is 3.14. The van der Waals surface area contributed by atoms with Crippen LogP contribution in [0.25, 0.3) is 0 Å². The summed E-state index contributed by atoms with van der Waals surface area (Å²) in [6, 6.07) is 8.06. The smallest absolute Gasteiger partial charge is 0.260 e. The van der Waals surface area contributed by atoms with Gasteiger partial charge in [-0.1, -0.05) is 32.0 Å². The molecule has 0 spiro atoms. The zero-order chi connectivity index (χ0) is 18.3. The van der Waals surface area contributed by atoms with Crippen LogP contribution in [0.3, 0.4) is 0 Å². The molecular weight excluding hydrogens is 328 g/mol. The number of aryl methyl sites for hydroxylation is 2. The van der Waals surface area contributed by atoms with Crippen LogP contribution in [-0.2, 0) is 6.42 Å². The van der Waals surface area contributed by atoms with E-state index in [4.69, 9.17) is 9.41 Å². The van der Waals surface area contributed by atoms with Crippen LogP contribution < -0.4 is 5.32 Å². The van der Waals surface area contributed by atoms with E-state index in [9.17, 15) is 4.79 Å². The Balaban J connectivity index is 1.74. The van der Waals surface area contributed by atoms with Crippen LogP contribution in [0.2, 0.25) is 0 Å². The van der Waals surface area contributed by atoms with Crippen LogP contribution in [-0.4, -0.2) is 35.6 Å².